The minimum atomic E-state index is 0.932. The van der Waals surface area contributed by atoms with Crippen molar-refractivity contribution in [2.24, 2.45) is 0 Å². The Hall–Kier alpha value is -1.26. The van der Waals surface area contributed by atoms with Crippen LogP contribution < -0.4 is 5.32 Å². The summed E-state index contributed by atoms with van der Waals surface area (Å²) in [6.07, 6.45) is 7.04. The van der Waals surface area contributed by atoms with Crippen LogP contribution in [0.3, 0.4) is 0 Å². The largest absolute Gasteiger partial charge is 0.312 e. The second-order valence-electron chi connectivity index (χ2n) is 4.56. The highest BCUT2D eigenvalue weighted by Crippen LogP contribution is 2.28. The number of hydrogen-bond acceptors (Lipinski definition) is 4. The van der Waals surface area contributed by atoms with E-state index >= 15 is 0 Å². The van der Waals surface area contributed by atoms with E-state index in [-0.39, 0.29) is 0 Å². The lowest BCUT2D eigenvalue weighted by atomic mass is 10.2. The van der Waals surface area contributed by atoms with Gasteiger partial charge in [0.2, 0.25) is 0 Å². The zero-order valence-corrected chi connectivity index (χ0v) is 12.5. The van der Waals surface area contributed by atoms with Gasteiger partial charge in [-0.1, -0.05) is 20.3 Å². The van der Waals surface area contributed by atoms with Crippen molar-refractivity contribution in [3.05, 3.63) is 35.1 Å². The maximum atomic E-state index is 4.79. The summed E-state index contributed by atoms with van der Waals surface area (Å²) in [6, 6.07) is 4.04. The zero-order valence-electron chi connectivity index (χ0n) is 11.6. The van der Waals surface area contributed by atoms with Crippen LogP contribution >= 0.6 is 11.3 Å². The van der Waals surface area contributed by atoms with Crippen LogP contribution in [0.2, 0.25) is 0 Å². The molecule has 0 saturated heterocycles. The van der Waals surface area contributed by atoms with Crippen molar-refractivity contribution in [1.29, 1.82) is 0 Å². The summed E-state index contributed by atoms with van der Waals surface area (Å²) < 4.78 is 0. The van der Waals surface area contributed by atoms with Crippen LogP contribution in [0.4, 0.5) is 0 Å². The molecule has 0 amide bonds. The average molecular weight is 275 g/mol. The molecule has 0 aliphatic rings. The highest BCUT2D eigenvalue weighted by molar-refractivity contribution is 7.15. The Morgan fingerprint density at radius 1 is 1.26 bits per heavy atom. The van der Waals surface area contributed by atoms with E-state index in [9.17, 15) is 0 Å². The predicted octanol–water partition coefficient (Wildman–Crippen LogP) is 3.66. The fourth-order valence-corrected chi connectivity index (χ4v) is 3.01. The lowest BCUT2D eigenvalue weighted by Gasteiger charge is -2.02. The molecule has 3 nitrogen and oxygen atoms in total. The number of nitrogens with one attached hydrogen (secondary N) is 1. The van der Waals surface area contributed by atoms with Crippen LogP contribution in [-0.2, 0) is 13.0 Å². The van der Waals surface area contributed by atoms with E-state index in [1.807, 2.05) is 12.3 Å². The second-order valence-corrected chi connectivity index (χ2v) is 5.64. The molecule has 0 radical (unpaired) electrons. The van der Waals surface area contributed by atoms with Gasteiger partial charge in [0.25, 0.3) is 0 Å². The third kappa shape index (κ3) is 3.85. The monoisotopic (exact) mass is 275 g/mol. The molecule has 0 saturated carbocycles. The Morgan fingerprint density at radius 2 is 2.16 bits per heavy atom. The van der Waals surface area contributed by atoms with E-state index in [4.69, 9.17) is 4.98 Å². The first kappa shape index (κ1) is 14.2. The molecule has 102 valence electrons. The molecule has 2 rings (SSSR count). The number of aromatic nitrogens is 2. The van der Waals surface area contributed by atoms with Crippen molar-refractivity contribution >= 4 is 11.3 Å². The van der Waals surface area contributed by atoms with Gasteiger partial charge >= 0.3 is 0 Å². The minimum absolute atomic E-state index is 0.932. The highest BCUT2D eigenvalue weighted by Gasteiger charge is 2.11. The molecule has 2 aromatic rings. The number of rotatable bonds is 7. The Bertz CT molecular complexity index is 493. The molecule has 4 heteroatoms. The number of hydrogen-bond donors (Lipinski definition) is 1. The van der Waals surface area contributed by atoms with E-state index in [1.54, 1.807) is 17.5 Å². The predicted molar refractivity (Wildman–Crippen MR) is 81.3 cm³/mol. The summed E-state index contributed by atoms with van der Waals surface area (Å²) in [7, 11) is 0. The molecule has 0 aliphatic heterocycles. The molecule has 2 aromatic heterocycles. The van der Waals surface area contributed by atoms with E-state index < -0.39 is 0 Å². The number of aryl methyl sites for hydroxylation is 1. The van der Waals surface area contributed by atoms with Gasteiger partial charge in [-0.05, 0) is 31.5 Å². The molecular weight excluding hydrogens is 254 g/mol. The lowest BCUT2D eigenvalue weighted by Crippen LogP contribution is -2.13. The summed E-state index contributed by atoms with van der Waals surface area (Å²) in [5.41, 5.74) is 2.36. The number of nitrogens with zero attached hydrogens (tertiary/aromatic N) is 2. The molecule has 0 bridgehead atoms. The smallest absolute Gasteiger partial charge is 0.125 e. The van der Waals surface area contributed by atoms with Crippen LogP contribution in [0, 0.1) is 0 Å². The molecule has 0 atom stereocenters. The summed E-state index contributed by atoms with van der Waals surface area (Å²) in [5, 5.41) is 4.56. The van der Waals surface area contributed by atoms with Crippen LogP contribution in [0.15, 0.2) is 24.5 Å². The Kier molecular flexibility index (Phi) is 5.48. The summed E-state index contributed by atoms with van der Waals surface area (Å²) >= 11 is 1.79. The van der Waals surface area contributed by atoms with E-state index in [2.05, 4.69) is 30.2 Å². The Balaban J connectivity index is 2.19. The number of thiazole rings is 1. The van der Waals surface area contributed by atoms with Crippen molar-refractivity contribution in [2.45, 2.75) is 39.7 Å². The standard InChI is InChI=1S/C15H21N3S/c1-3-6-13-14(11-16-8-4-2)19-15(18-13)12-7-5-9-17-10-12/h5,7,9-10,16H,3-4,6,8,11H2,1-2H3. The molecule has 0 aliphatic carbocycles. The summed E-state index contributed by atoms with van der Waals surface area (Å²) in [4.78, 5) is 10.3. The lowest BCUT2D eigenvalue weighted by molar-refractivity contribution is 0.674. The molecule has 0 spiro atoms. The highest BCUT2D eigenvalue weighted by atomic mass is 32.1. The molecule has 1 N–H and O–H groups in total. The topological polar surface area (TPSA) is 37.8 Å². The molecule has 0 unspecified atom stereocenters. The minimum Gasteiger partial charge on any atom is -0.312 e. The third-order valence-corrected chi connectivity index (χ3v) is 4.03. The molecule has 2 heterocycles. The number of pyridine rings is 1. The fourth-order valence-electron chi connectivity index (χ4n) is 1.95. The summed E-state index contributed by atoms with van der Waals surface area (Å²) in [6.45, 7) is 6.38. The van der Waals surface area contributed by atoms with Crippen molar-refractivity contribution < 1.29 is 0 Å². The summed E-state index contributed by atoms with van der Waals surface area (Å²) in [5.74, 6) is 0. The second kappa shape index (κ2) is 7.36. The Labute approximate surface area is 119 Å². The van der Waals surface area contributed by atoms with E-state index in [1.165, 1.54) is 10.6 Å². The normalized spacial score (nSPS) is 10.8. The van der Waals surface area contributed by atoms with Crippen LogP contribution in [0.25, 0.3) is 10.6 Å². The third-order valence-electron chi connectivity index (χ3n) is 2.89. The van der Waals surface area contributed by atoms with Gasteiger partial charge in [-0.2, -0.15) is 0 Å². The van der Waals surface area contributed by atoms with Crippen molar-refractivity contribution in [3.63, 3.8) is 0 Å². The fraction of sp³-hybridized carbons (Fsp3) is 0.467. The van der Waals surface area contributed by atoms with Gasteiger partial charge in [-0.15, -0.1) is 11.3 Å². The van der Waals surface area contributed by atoms with E-state index in [0.717, 1.165) is 42.9 Å². The van der Waals surface area contributed by atoms with Gasteiger partial charge in [0, 0.05) is 29.4 Å². The first-order valence-electron chi connectivity index (χ1n) is 6.94. The quantitative estimate of drug-likeness (QED) is 0.784. The molecule has 0 aromatic carbocycles. The first-order chi connectivity index (χ1) is 9.35. The van der Waals surface area contributed by atoms with Gasteiger partial charge in [0.05, 0.1) is 5.69 Å². The van der Waals surface area contributed by atoms with Gasteiger partial charge < -0.3 is 5.32 Å². The molecular formula is C15H21N3S. The van der Waals surface area contributed by atoms with Crippen LogP contribution in [0.5, 0.6) is 0 Å². The van der Waals surface area contributed by atoms with Crippen molar-refractivity contribution in [2.75, 3.05) is 6.54 Å². The zero-order chi connectivity index (χ0) is 13.5. The van der Waals surface area contributed by atoms with Crippen LogP contribution in [0.1, 0.15) is 37.3 Å². The molecule has 0 fully saturated rings. The SMILES string of the molecule is CCCNCc1sc(-c2cccnc2)nc1CCC. The van der Waals surface area contributed by atoms with Crippen molar-refractivity contribution in [3.8, 4) is 10.6 Å². The van der Waals surface area contributed by atoms with Gasteiger partial charge in [0.1, 0.15) is 5.01 Å². The Morgan fingerprint density at radius 3 is 2.84 bits per heavy atom. The maximum absolute atomic E-state index is 4.79. The van der Waals surface area contributed by atoms with Crippen LogP contribution in [-0.4, -0.2) is 16.5 Å². The van der Waals surface area contributed by atoms with Gasteiger partial charge in [0.15, 0.2) is 0 Å². The van der Waals surface area contributed by atoms with Gasteiger partial charge in [-0.25, -0.2) is 4.98 Å². The maximum Gasteiger partial charge on any atom is 0.125 e. The van der Waals surface area contributed by atoms with Crippen molar-refractivity contribution in [1.82, 2.24) is 15.3 Å². The molecule has 19 heavy (non-hydrogen) atoms. The average Bonchev–Trinajstić information content (AvgIpc) is 2.84. The van der Waals surface area contributed by atoms with Gasteiger partial charge in [-0.3, -0.25) is 4.98 Å². The first-order valence-corrected chi connectivity index (χ1v) is 7.76. The van der Waals surface area contributed by atoms with E-state index in [0.29, 0.717) is 0 Å².